The number of rotatable bonds is 2. The predicted molar refractivity (Wildman–Crippen MR) is 60.4 cm³/mol. The van der Waals surface area contributed by atoms with Crippen molar-refractivity contribution in [3.8, 4) is 0 Å². The maximum atomic E-state index is 4.26. The lowest BCUT2D eigenvalue weighted by atomic mass is 10.4. The van der Waals surface area contributed by atoms with Crippen LogP contribution in [0.5, 0.6) is 0 Å². The van der Waals surface area contributed by atoms with Crippen molar-refractivity contribution in [3.05, 3.63) is 24.3 Å². The van der Waals surface area contributed by atoms with Crippen molar-refractivity contribution < 1.29 is 0 Å². The van der Waals surface area contributed by atoms with Crippen LogP contribution in [0.3, 0.4) is 0 Å². The lowest BCUT2D eigenvalue weighted by molar-refractivity contribution is 0.586. The number of thiol groups is 1. The van der Waals surface area contributed by atoms with Gasteiger partial charge in [0.05, 0.1) is 0 Å². The third kappa shape index (κ3) is 2.66. The molecule has 0 unspecified atom stereocenters. The molecule has 0 N–H and O–H groups in total. The second-order valence-electron chi connectivity index (χ2n) is 3.22. The molecule has 0 atom stereocenters. The molecule has 1 fully saturated rings. The van der Waals surface area contributed by atoms with Crippen molar-refractivity contribution in [2.24, 2.45) is 0 Å². The van der Waals surface area contributed by atoms with Gasteiger partial charge in [-0.15, -0.1) is 12.6 Å². The minimum Gasteiger partial charge on any atom is -0.246 e. The van der Waals surface area contributed by atoms with E-state index >= 15 is 0 Å². The third-order valence-electron chi connectivity index (χ3n) is 2.14. The van der Waals surface area contributed by atoms with Gasteiger partial charge in [-0.25, -0.2) is 4.31 Å². The van der Waals surface area contributed by atoms with E-state index in [0.717, 1.165) is 4.90 Å². The summed E-state index contributed by atoms with van der Waals surface area (Å²) in [5, 5.41) is 0. The Morgan fingerprint density at radius 1 is 1.08 bits per heavy atom. The molecule has 13 heavy (non-hydrogen) atoms. The van der Waals surface area contributed by atoms with Crippen molar-refractivity contribution in [1.29, 1.82) is 0 Å². The fraction of sp³-hybridized carbons (Fsp3) is 0.400. The molecular weight excluding hydrogens is 198 g/mol. The Bertz CT molecular complexity index is 265. The summed E-state index contributed by atoms with van der Waals surface area (Å²) in [6.45, 7) is 2.46. The third-order valence-corrected chi connectivity index (χ3v) is 3.54. The summed E-state index contributed by atoms with van der Waals surface area (Å²) < 4.78 is 2.42. The molecule has 0 aliphatic carbocycles. The van der Waals surface area contributed by atoms with E-state index in [1.807, 2.05) is 24.1 Å². The maximum Gasteiger partial charge on any atom is 0.0231 e. The molecule has 1 aromatic rings. The maximum absolute atomic E-state index is 4.26. The van der Waals surface area contributed by atoms with E-state index < -0.39 is 0 Å². The van der Waals surface area contributed by atoms with Crippen molar-refractivity contribution in [2.45, 2.75) is 22.6 Å². The normalized spacial score (nSPS) is 17.9. The van der Waals surface area contributed by atoms with Gasteiger partial charge < -0.3 is 0 Å². The van der Waals surface area contributed by atoms with Crippen LogP contribution in [0.2, 0.25) is 0 Å². The first kappa shape index (κ1) is 9.44. The predicted octanol–water partition coefficient (Wildman–Crippen LogP) is 3.08. The minimum absolute atomic E-state index is 1.03. The topological polar surface area (TPSA) is 3.24 Å². The highest BCUT2D eigenvalue weighted by molar-refractivity contribution is 7.97. The van der Waals surface area contributed by atoms with E-state index in [9.17, 15) is 0 Å². The Hall–Kier alpha value is -0.120. The molecule has 1 heterocycles. The fourth-order valence-corrected chi connectivity index (χ4v) is 2.58. The highest BCUT2D eigenvalue weighted by Gasteiger charge is 2.12. The Labute approximate surface area is 89.1 Å². The SMILES string of the molecule is Sc1ccc(SN2CCCC2)cc1. The van der Waals surface area contributed by atoms with Gasteiger partial charge in [-0.1, -0.05) is 0 Å². The monoisotopic (exact) mass is 211 g/mol. The standard InChI is InChI=1S/C10H13NS2/c12-9-3-5-10(6-4-9)13-11-7-1-2-8-11/h3-6,12H,1-2,7-8H2. The van der Waals surface area contributed by atoms with Crippen LogP contribution in [0.1, 0.15) is 12.8 Å². The quantitative estimate of drug-likeness (QED) is 0.591. The molecule has 1 aromatic carbocycles. The highest BCUT2D eigenvalue weighted by atomic mass is 32.2. The fourth-order valence-electron chi connectivity index (χ4n) is 1.44. The van der Waals surface area contributed by atoms with Crippen molar-refractivity contribution >= 4 is 24.6 Å². The zero-order valence-electron chi connectivity index (χ0n) is 7.44. The second kappa shape index (κ2) is 4.40. The average Bonchev–Trinajstić information content (AvgIpc) is 2.62. The van der Waals surface area contributed by atoms with Gasteiger partial charge in [-0.05, 0) is 49.1 Å². The molecule has 1 aliphatic heterocycles. The smallest absolute Gasteiger partial charge is 0.0231 e. The van der Waals surface area contributed by atoms with E-state index in [0.29, 0.717) is 0 Å². The summed E-state index contributed by atoms with van der Waals surface area (Å²) in [6.07, 6.45) is 2.69. The minimum atomic E-state index is 1.03. The first-order valence-electron chi connectivity index (χ1n) is 4.56. The van der Waals surface area contributed by atoms with Crippen LogP contribution in [0.15, 0.2) is 34.1 Å². The van der Waals surface area contributed by atoms with Gasteiger partial charge in [0.2, 0.25) is 0 Å². The zero-order valence-corrected chi connectivity index (χ0v) is 9.15. The van der Waals surface area contributed by atoms with Crippen LogP contribution in [-0.4, -0.2) is 17.4 Å². The van der Waals surface area contributed by atoms with Gasteiger partial charge in [0.1, 0.15) is 0 Å². The molecule has 1 aliphatic rings. The molecule has 1 nitrogen and oxygen atoms in total. The number of nitrogens with zero attached hydrogens (tertiary/aromatic N) is 1. The Balaban J connectivity index is 1.97. The summed E-state index contributed by atoms with van der Waals surface area (Å²) in [4.78, 5) is 2.35. The average molecular weight is 211 g/mol. The molecule has 0 aromatic heterocycles. The van der Waals surface area contributed by atoms with Gasteiger partial charge >= 0.3 is 0 Å². The van der Waals surface area contributed by atoms with Crippen molar-refractivity contribution in [3.63, 3.8) is 0 Å². The summed E-state index contributed by atoms with van der Waals surface area (Å²) >= 11 is 6.12. The molecule has 0 amide bonds. The molecule has 0 bridgehead atoms. The van der Waals surface area contributed by atoms with Gasteiger partial charge in [0, 0.05) is 22.9 Å². The lowest BCUT2D eigenvalue weighted by Gasteiger charge is -2.12. The molecule has 2 rings (SSSR count). The molecule has 0 radical (unpaired) electrons. The van der Waals surface area contributed by atoms with Crippen LogP contribution < -0.4 is 0 Å². The molecular formula is C10H13NS2. The molecule has 70 valence electrons. The molecule has 3 heteroatoms. The Morgan fingerprint density at radius 2 is 1.69 bits per heavy atom. The summed E-state index contributed by atoms with van der Waals surface area (Å²) in [5.41, 5.74) is 0. The molecule has 1 saturated heterocycles. The number of hydrogen-bond acceptors (Lipinski definition) is 3. The second-order valence-corrected chi connectivity index (χ2v) is 4.91. The number of benzene rings is 1. The van der Waals surface area contributed by atoms with Crippen LogP contribution in [-0.2, 0) is 0 Å². The highest BCUT2D eigenvalue weighted by Crippen LogP contribution is 2.26. The van der Waals surface area contributed by atoms with Gasteiger partial charge in [-0.3, -0.25) is 0 Å². The van der Waals surface area contributed by atoms with Crippen LogP contribution in [0, 0.1) is 0 Å². The van der Waals surface area contributed by atoms with E-state index in [1.54, 1.807) is 0 Å². The van der Waals surface area contributed by atoms with Crippen molar-refractivity contribution in [1.82, 2.24) is 4.31 Å². The van der Waals surface area contributed by atoms with Gasteiger partial charge in [0.25, 0.3) is 0 Å². The van der Waals surface area contributed by atoms with Crippen LogP contribution >= 0.6 is 24.6 Å². The molecule has 0 saturated carbocycles. The summed E-state index contributed by atoms with van der Waals surface area (Å²) in [5.74, 6) is 0. The summed E-state index contributed by atoms with van der Waals surface area (Å²) in [6, 6.07) is 8.35. The van der Waals surface area contributed by atoms with Crippen molar-refractivity contribution in [2.75, 3.05) is 13.1 Å². The Morgan fingerprint density at radius 3 is 2.31 bits per heavy atom. The molecule has 0 spiro atoms. The first-order valence-corrected chi connectivity index (χ1v) is 5.78. The lowest BCUT2D eigenvalue weighted by Crippen LogP contribution is -2.08. The van der Waals surface area contributed by atoms with E-state index in [4.69, 9.17) is 0 Å². The zero-order chi connectivity index (χ0) is 9.10. The largest absolute Gasteiger partial charge is 0.246 e. The number of hydrogen-bond donors (Lipinski definition) is 1. The van der Waals surface area contributed by atoms with Crippen LogP contribution in [0.25, 0.3) is 0 Å². The van der Waals surface area contributed by atoms with Crippen LogP contribution in [0.4, 0.5) is 0 Å². The van der Waals surface area contributed by atoms with Gasteiger partial charge in [0.15, 0.2) is 0 Å². The summed E-state index contributed by atoms with van der Waals surface area (Å²) in [7, 11) is 0. The first-order chi connectivity index (χ1) is 6.34. The van der Waals surface area contributed by atoms with E-state index in [2.05, 4.69) is 29.1 Å². The van der Waals surface area contributed by atoms with E-state index in [1.165, 1.54) is 30.8 Å². The van der Waals surface area contributed by atoms with E-state index in [-0.39, 0.29) is 0 Å². The van der Waals surface area contributed by atoms with Gasteiger partial charge in [-0.2, -0.15) is 0 Å². The Kier molecular flexibility index (Phi) is 3.19.